The van der Waals surface area contributed by atoms with Gasteiger partial charge < -0.3 is 15.3 Å². The Morgan fingerprint density at radius 3 is 2.57 bits per heavy atom. The molecule has 14 heavy (non-hydrogen) atoms. The lowest BCUT2D eigenvalue weighted by atomic mass is 10.1. The molecule has 6 heteroatoms. The highest BCUT2D eigenvalue weighted by Crippen LogP contribution is 2.35. The van der Waals surface area contributed by atoms with Gasteiger partial charge in [-0.3, -0.25) is 4.79 Å². The normalized spacial score (nSPS) is 10.1. The molecule has 0 heterocycles. The Hall–Kier alpha value is -1.30. The van der Waals surface area contributed by atoms with E-state index in [4.69, 9.17) is 10.2 Å². The van der Waals surface area contributed by atoms with Crippen LogP contribution in [0.4, 0.5) is 4.39 Å². The predicted molar refractivity (Wildman–Crippen MR) is 48.8 cm³/mol. The van der Waals surface area contributed by atoms with Gasteiger partial charge in [0.25, 0.3) is 0 Å². The molecule has 4 nitrogen and oxygen atoms in total. The summed E-state index contributed by atoms with van der Waals surface area (Å²) in [5, 5.41) is 26.7. The van der Waals surface area contributed by atoms with Crippen molar-refractivity contribution in [1.82, 2.24) is 0 Å². The first-order valence-corrected chi connectivity index (χ1v) is 4.33. The third-order valence-corrected chi connectivity index (χ3v) is 2.17. The standard InChI is InChI=1S/C8H6BrFO4/c9-4-2-5(11)8(14)3(7(4)10)1-6(12)13/h2,11,14H,1H2,(H,12,13). The van der Waals surface area contributed by atoms with Crippen molar-refractivity contribution in [2.24, 2.45) is 0 Å². The summed E-state index contributed by atoms with van der Waals surface area (Å²) in [5.41, 5.74) is -0.440. The lowest BCUT2D eigenvalue weighted by Gasteiger charge is -2.06. The minimum absolute atomic E-state index is 0.0935. The third-order valence-electron chi connectivity index (χ3n) is 1.59. The van der Waals surface area contributed by atoms with Crippen LogP contribution in [0.2, 0.25) is 0 Å². The first-order valence-electron chi connectivity index (χ1n) is 3.54. The fourth-order valence-corrected chi connectivity index (χ4v) is 1.42. The highest BCUT2D eigenvalue weighted by molar-refractivity contribution is 9.10. The zero-order chi connectivity index (χ0) is 10.9. The van der Waals surface area contributed by atoms with Crippen LogP contribution < -0.4 is 0 Å². The molecule has 0 saturated heterocycles. The second kappa shape index (κ2) is 3.83. The zero-order valence-electron chi connectivity index (χ0n) is 6.79. The molecule has 1 aromatic carbocycles. The van der Waals surface area contributed by atoms with Gasteiger partial charge in [0.1, 0.15) is 5.82 Å². The van der Waals surface area contributed by atoms with Crippen molar-refractivity contribution >= 4 is 21.9 Å². The fraction of sp³-hybridized carbons (Fsp3) is 0.125. The maximum atomic E-state index is 13.2. The molecule has 1 rings (SSSR count). The molecule has 0 spiro atoms. The summed E-state index contributed by atoms with van der Waals surface area (Å²) in [7, 11) is 0. The number of hydrogen-bond acceptors (Lipinski definition) is 3. The van der Waals surface area contributed by atoms with Crippen LogP contribution in [-0.4, -0.2) is 21.3 Å². The summed E-state index contributed by atoms with van der Waals surface area (Å²) in [6.07, 6.45) is -0.690. The summed E-state index contributed by atoms with van der Waals surface area (Å²) >= 11 is 2.78. The largest absolute Gasteiger partial charge is 0.504 e. The number of carboxylic acid groups (broad SMARTS) is 1. The van der Waals surface area contributed by atoms with Crippen LogP contribution in [0.1, 0.15) is 5.56 Å². The van der Waals surface area contributed by atoms with E-state index in [0.29, 0.717) is 0 Å². The molecule has 0 atom stereocenters. The molecule has 0 aliphatic rings. The van der Waals surface area contributed by atoms with Crippen LogP contribution in [0, 0.1) is 5.82 Å². The number of rotatable bonds is 2. The van der Waals surface area contributed by atoms with Crippen molar-refractivity contribution in [2.75, 3.05) is 0 Å². The van der Waals surface area contributed by atoms with E-state index >= 15 is 0 Å². The first-order chi connectivity index (χ1) is 6.43. The van der Waals surface area contributed by atoms with Crippen molar-refractivity contribution < 1.29 is 24.5 Å². The zero-order valence-corrected chi connectivity index (χ0v) is 8.38. The summed E-state index contributed by atoms with van der Waals surface area (Å²) in [4.78, 5) is 10.3. The second-order valence-electron chi connectivity index (χ2n) is 2.59. The van der Waals surface area contributed by atoms with E-state index in [-0.39, 0.29) is 4.47 Å². The van der Waals surface area contributed by atoms with Crippen molar-refractivity contribution in [2.45, 2.75) is 6.42 Å². The Bertz CT molecular complexity index is 365. The summed E-state index contributed by atoms with van der Waals surface area (Å²) in [6, 6.07) is 0.954. The van der Waals surface area contributed by atoms with Gasteiger partial charge in [0.2, 0.25) is 0 Å². The molecule has 0 unspecified atom stereocenters. The Kier molecular flexibility index (Phi) is 2.95. The molecule has 0 fully saturated rings. The van der Waals surface area contributed by atoms with E-state index in [0.717, 1.165) is 6.07 Å². The fourth-order valence-electron chi connectivity index (χ4n) is 0.967. The van der Waals surface area contributed by atoms with Crippen molar-refractivity contribution in [3.05, 3.63) is 21.9 Å². The van der Waals surface area contributed by atoms with Gasteiger partial charge in [-0.25, -0.2) is 4.39 Å². The molecule has 76 valence electrons. The van der Waals surface area contributed by atoms with Gasteiger partial charge in [-0.2, -0.15) is 0 Å². The smallest absolute Gasteiger partial charge is 0.308 e. The number of phenols is 2. The molecule has 0 aliphatic carbocycles. The minimum atomic E-state index is -1.29. The summed E-state index contributed by atoms with van der Waals surface area (Å²) in [6.45, 7) is 0. The number of aromatic hydroxyl groups is 2. The third kappa shape index (κ3) is 1.95. The number of carboxylic acids is 1. The molecule has 0 bridgehead atoms. The molecule has 0 saturated carbocycles. The van der Waals surface area contributed by atoms with Crippen LogP contribution in [0.25, 0.3) is 0 Å². The molecule has 0 aliphatic heterocycles. The van der Waals surface area contributed by atoms with E-state index in [9.17, 15) is 14.3 Å². The lowest BCUT2D eigenvalue weighted by molar-refractivity contribution is -0.136. The molecule has 0 radical (unpaired) electrons. The van der Waals surface area contributed by atoms with E-state index in [1.54, 1.807) is 0 Å². The van der Waals surface area contributed by atoms with Gasteiger partial charge in [-0.05, 0) is 15.9 Å². The van der Waals surface area contributed by atoms with Gasteiger partial charge in [0.05, 0.1) is 10.9 Å². The molecular weight excluding hydrogens is 259 g/mol. The number of hydrogen-bond donors (Lipinski definition) is 3. The highest BCUT2D eigenvalue weighted by Gasteiger charge is 2.18. The van der Waals surface area contributed by atoms with Crippen molar-refractivity contribution in [1.29, 1.82) is 0 Å². The monoisotopic (exact) mass is 264 g/mol. The van der Waals surface area contributed by atoms with E-state index in [1.807, 2.05) is 0 Å². The van der Waals surface area contributed by atoms with Crippen LogP contribution in [-0.2, 0) is 11.2 Å². The van der Waals surface area contributed by atoms with Gasteiger partial charge in [-0.1, -0.05) is 0 Å². The predicted octanol–water partition coefficient (Wildman–Crippen LogP) is 1.63. The topological polar surface area (TPSA) is 77.8 Å². The van der Waals surface area contributed by atoms with Crippen molar-refractivity contribution in [3.8, 4) is 11.5 Å². The van der Waals surface area contributed by atoms with Crippen LogP contribution in [0.15, 0.2) is 10.5 Å². The molecular formula is C8H6BrFO4. The maximum Gasteiger partial charge on any atom is 0.308 e. The Morgan fingerprint density at radius 1 is 1.50 bits per heavy atom. The highest BCUT2D eigenvalue weighted by atomic mass is 79.9. The van der Waals surface area contributed by atoms with Gasteiger partial charge in [-0.15, -0.1) is 0 Å². The van der Waals surface area contributed by atoms with Crippen molar-refractivity contribution in [3.63, 3.8) is 0 Å². The number of benzene rings is 1. The molecule has 0 aromatic heterocycles. The van der Waals surface area contributed by atoms with Crippen LogP contribution in [0.3, 0.4) is 0 Å². The lowest BCUT2D eigenvalue weighted by Crippen LogP contribution is -2.03. The van der Waals surface area contributed by atoms with E-state index < -0.39 is 35.3 Å². The molecule has 1 aromatic rings. The summed E-state index contributed by atoms with van der Waals surface area (Å²) in [5.74, 6) is -3.48. The maximum absolute atomic E-state index is 13.2. The average Bonchev–Trinajstić information content (AvgIpc) is 2.09. The van der Waals surface area contributed by atoms with E-state index in [2.05, 4.69) is 15.9 Å². The van der Waals surface area contributed by atoms with E-state index in [1.165, 1.54) is 0 Å². The van der Waals surface area contributed by atoms with Gasteiger partial charge in [0, 0.05) is 11.6 Å². The van der Waals surface area contributed by atoms with Crippen LogP contribution in [0.5, 0.6) is 11.5 Å². The van der Waals surface area contributed by atoms with Crippen LogP contribution >= 0.6 is 15.9 Å². The molecule has 3 N–H and O–H groups in total. The number of halogens is 2. The van der Waals surface area contributed by atoms with Gasteiger partial charge >= 0.3 is 5.97 Å². The number of phenolic OH excluding ortho intramolecular Hbond substituents is 2. The first kappa shape index (κ1) is 10.8. The Morgan fingerprint density at radius 2 is 2.07 bits per heavy atom. The summed E-state index contributed by atoms with van der Waals surface area (Å²) < 4.78 is 13.1. The Balaban J connectivity index is 3.31. The molecule has 0 amide bonds. The second-order valence-corrected chi connectivity index (χ2v) is 3.44. The minimum Gasteiger partial charge on any atom is -0.504 e. The number of aliphatic carboxylic acids is 1. The quantitative estimate of drug-likeness (QED) is 0.710. The SMILES string of the molecule is O=C(O)Cc1c(O)c(O)cc(Br)c1F. The van der Waals surface area contributed by atoms with Gasteiger partial charge in [0.15, 0.2) is 11.5 Å². The number of carbonyl (C=O) groups is 1. The Labute approximate surface area is 86.7 Å². The average molecular weight is 265 g/mol.